The van der Waals surface area contributed by atoms with Gasteiger partial charge in [0, 0.05) is 11.9 Å². The van der Waals surface area contributed by atoms with Crippen molar-refractivity contribution in [1.29, 1.82) is 0 Å². The molecular formula is C13H17N. The monoisotopic (exact) mass is 187 g/mol. The third-order valence-electron chi connectivity index (χ3n) is 2.74. The molecule has 1 aromatic carbocycles. The highest BCUT2D eigenvalue weighted by molar-refractivity contribution is 5.58. The van der Waals surface area contributed by atoms with E-state index in [0.717, 1.165) is 6.42 Å². The first-order valence-corrected chi connectivity index (χ1v) is 5.22. The second-order valence-electron chi connectivity index (χ2n) is 4.38. The Morgan fingerprint density at radius 2 is 2.07 bits per heavy atom. The van der Waals surface area contributed by atoms with Crippen LogP contribution in [0.2, 0.25) is 0 Å². The SMILES string of the molecule is CC1=CNc2ccc(C(C)C)cc2C1. The molecule has 0 saturated heterocycles. The third-order valence-corrected chi connectivity index (χ3v) is 2.74. The van der Waals surface area contributed by atoms with Crippen LogP contribution in [0.3, 0.4) is 0 Å². The number of rotatable bonds is 1. The van der Waals surface area contributed by atoms with Crippen LogP contribution < -0.4 is 5.32 Å². The minimum Gasteiger partial charge on any atom is -0.361 e. The van der Waals surface area contributed by atoms with Gasteiger partial charge in [0.05, 0.1) is 0 Å². The maximum Gasteiger partial charge on any atom is 0.0415 e. The third kappa shape index (κ3) is 1.67. The molecule has 0 aromatic heterocycles. The second-order valence-corrected chi connectivity index (χ2v) is 4.38. The lowest BCUT2D eigenvalue weighted by Crippen LogP contribution is -2.04. The lowest BCUT2D eigenvalue weighted by Gasteiger charge is -2.18. The number of hydrogen-bond acceptors (Lipinski definition) is 1. The number of nitrogens with one attached hydrogen (secondary N) is 1. The van der Waals surface area contributed by atoms with Gasteiger partial charge < -0.3 is 5.32 Å². The van der Waals surface area contributed by atoms with Gasteiger partial charge in [-0.15, -0.1) is 0 Å². The molecule has 0 unspecified atom stereocenters. The van der Waals surface area contributed by atoms with Crippen LogP contribution in [0, 0.1) is 0 Å². The molecule has 2 rings (SSSR count). The van der Waals surface area contributed by atoms with E-state index in [2.05, 4.69) is 50.5 Å². The van der Waals surface area contributed by atoms with Gasteiger partial charge in [-0.1, -0.05) is 31.6 Å². The van der Waals surface area contributed by atoms with E-state index in [9.17, 15) is 0 Å². The molecule has 1 nitrogen and oxygen atoms in total. The summed E-state index contributed by atoms with van der Waals surface area (Å²) in [5.74, 6) is 0.617. The number of fused-ring (bicyclic) bond motifs is 1. The lowest BCUT2D eigenvalue weighted by atomic mass is 9.95. The van der Waals surface area contributed by atoms with Gasteiger partial charge in [0.1, 0.15) is 0 Å². The van der Waals surface area contributed by atoms with Gasteiger partial charge in [0.2, 0.25) is 0 Å². The molecule has 1 N–H and O–H groups in total. The summed E-state index contributed by atoms with van der Waals surface area (Å²) in [6.45, 7) is 6.64. The molecule has 14 heavy (non-hydrogen) atoms. The van der Waals surface area contributed by atoms with Crippen molar-refractivity contribution in [2.45, 2.75) is 33.1 Å². The highest BCUT2D eigenvalue weighted by Crippen LogP contribution is 2.27. The largest absolute Gasteiger partial charge is 0.361 e. The van der Waals surface area contributed by atoms with Crippen LogP contribution >= 0.6 is 0 Å². The summed E-state index contributed by atoms with van der Waals surface area (Å²) in [4.78, 5) is 0. The van der Waals surface area contributed by atoms with E-state index in [0.29, 0.717) is 5.92 Å². The Bertz CT molecular complexity index is 375. The predicted molar refractivity (Wildman–Crippen MR) is 61.6 cm³/mol. The van der Waals surface area contributed by atoms with E-state index in [1.165, 1.54) is 22.4 Å². The molecule has 74 valence electrons. The summed E-state index contributed by atoms with van der Waals surface area (Å²) in [5, 5.41) is 3.32. The van der Waals surface area contributed by atoms with Crippen molar-refractivity contribution in [3.8, 4) is 0 Å². The fourth-order valence-electron chi connectivity index (χ4n) is 1.81. The molecule has 0 atom stereocenters. The highest BCUT2D eigenvalue weighted by Gasteiger charge is 2.09. The van der Waals surface area contributed by atoms with E-state index in [1.807, 2.05) is 0 Å². The summed E-state index contributed by atoms with van der Waals surface area (Å²) >= 11 is 0. The maximum atomic E-state index is 3.32. The fourth-order valence-corrected chi connectivity index (χ4v) is 1.81. The normalized spacial score (nSPS) is 14.7. The first kappa shape index (κ1) is 9.32. The number of hydrogen-bond donors (Lipinski definition) is 1. The van der Waals surface area contributed by atoms with Crippen LogP contribution in [0.25, 0.3) is 0 Å². The van der Waals surface area contributed by atoms with Crippen LogP contribution in [0.1, 0.15) is 37.8 Å². The molecular weight excluding hydrogens is 170 g/mol. The smallest absolute Gasteiger partial charge is 0.0415 e. The molecule has 0 aliphatic carbocycles. The molecule has 0 radical (unpaired) electrons. The molecule has 1 heterocycles. The zero-order valence-electron chi connectivity index (χ0n) is 9.09. The standard InChI is InChI=1S/C13H17N/c1-9(2)11-4-5-13-12(7-11)6-10(3)8-14-13/h4-5,7-9,14H,6H2,1-3H3. The number of anilines is 1. The van der Waals surface area contributed by atoms with Crippen molar-refractivity contribution in [3.63, 3.8) is 0 Å². The average molecular weight is 187 g/mol. The molecule has 0 spiro atoms. The van der Waals surface area contributed by atoms with Crippen molar-refractivity contribution in [1.82, 2.24) is 0 Å². The van der Waals surface area contributed by atoms with E-state index < -0.39 is 0 Å². The minimum atomic E-state index is 0.617. The van der Waals surface area contributed by atoms with Gasteiger partial charge in [-0.05, 0) is 36.5 Å². The van der Waals surface area contributed by atoms with Crippen LogP contribution in [0.4, 0.5) is 5.69 Å². The molecule has 0 bridgehead atoms. The van der Waals surface area contributed by atoms with Crippen molar-refractivity contribution in [2.75, 3.05) is 5.32 Å². The van der Waals surface area contributed by atoms with Crippen molar-refractivity contribution >= 4 is 5.69 Å². The summed E-state index contributed by atoms with van der Waals surface area (Å²) in [5.41, 5.74) is 5.52. The van der Waals surface area contributed by atoms with Gasteiger partial charge in [0.25, 0.3) is 0 Å². The van der Waals surface area contributed by atoms with Crippen LogP contribution in [-0.2, 0) is 6.42 Å². The van der Waals surface area contributed by atoms with E-state index in [-0.39, 0.29) is 0 Å². The Morgan fingerprint density at radius 1 is 1.29 bits per heavy atom. The Morgan fingerprint density at radius 3 is 2.79 bits per heavy atom. The first-order chi connectivity index (χ1) is 6.66. The van der Waals surface area contributed by atoms with Gasteiger partial charge in [-0.2, -0.15) is 0 Å². The van der Waals surface area contributed by atoms with Crippen molar-refractivity contribution in [3.05, 3.63) is 41.1 Å². The molecule has 1 aliphatic rings. The van der Waals surface area contributed by atoms with Crippen molar-refractivity contribution < 1.29 is 0 Å². The Kier molecular flexibility index (Phi) is 2.32. The van der Waals surface area contributed by atoms with Gasteiger partial charge in [-0.25, -0.2) is 0 Å². The summed E-state index contributed by atoms with van der Waals surface area (Å²) in [6, 6.07) is 6.72. The van der Waals surface area contributed by atoms with Crippen LogP contribution in [0.5, 0.6) is 0 Å². The summed E-state index contributed by atoms with van der Waals surface area (Å²) in [7, 11) is 0. The Hall–Kier alpha value is -1.24. The minimum absolute atomic E-state index is 0.617. The second kappa shape index (κ2) is 3.49. The van der Waals surface area contributed by atoms with E-state index >= 15 is 0 Å². The van der Waals surface area contributed by atoms with Crippen LogP contribution in [-0.4, -0.2) is 0 Å². The average Bonchev–Trinajstić information content (AvgIpc) is 2.16. The topological polar surface area (TPSA) is 12.0 Å². The van der Waals surface area contributed by atoms with Gasteiger partial charge in [0.15, 0.2) is 0 Å². The molecule has 1 aliphatic heterocycles. The zero-order chi connectivity index (χ0) is 10.1. The quantitative estimate of drug-likeness (QED) is 0.707. The van der Waals surface area contributed by atoms with E-state index in [1.54, 1.807) is 0 Å². The molecule has 0 fully saturated rings. The molecule has 0 saturated carbocycles. The van der Waals surface area contributed by atoms with Crippen molar-refractivity contribution in [2.24, 2.45) is 0 Å². The van der Waals surface area contributed by atoms with E-state index in [4.69, 9.17) is 0 Å². The molecule has 0 amide bonds. The molecule has 1 aromatic rings. The summed E-state index contributed by atoms with van der Waals surface area (Å²) in [6.07, 6.45) is 3.18. The molecule has 1 heteroatoms. The predicted octanol–water partition coefficient (Wildman–Crippen LogP) is 3.68. The zero-order valence-corrected chi connectivity index (χ0v) is 9.09. The Balaban J connectivity index is 2.37. The number of allylic oxidation sites excluding steroid dienone is 1. The van der Waals surface area contributed by atoms with Gasteiger partial charge >= 0.3 is 0 Å². The van der Waals surface area contributed by atoms with Crippen LogP contribution in [0.15, 0.2) is 30.0 Å². The number of benzene rings is 1. The first-order valence-electron chi connectivity index (χ1n) is 5.22. The summed E-state index contributed by atoms with van der Waals surface area (Å²) < 4.78 is 0. The van der Waals surface area contributed by atoms with Gasteiger partial charge in [-0.3, -0.25) is 0 Å². The Labute approximate surface area is 85.8 Å². The maximum absolute atomic E-state index is 3.32. The lowest BCUT2D eigenvalue weighted by molar-refractivity contribution is 0.862. The fraction of sp³-hybridized carbons (Fsp3) is 0.385. The highest BCUT2D eigenvalue weighted by atomic mass is 14.9.